The number of aliphatic carboxylic acids is 1. The lowest BCUT2D eigenvalue weighted by Crippen LogP contribution is -2.58. The first-order valence-electron chi connectivity index (χ1n) is 13.4. The molecule has 0 aromatic carbocycles. The van der Waals surface area contributed by atoms with Crippen LogP contribution in [0.5, 0.6) is 0 Å². The van der Waals surface area contributed by atoms with Crippen molar-refractivity contribution in [1.29, 1.82) is 0 Å². The topological polar surface area (TPSA) is 297 Å². The van der Waals surface area contributed by atoms with Gasteiger partial charge in [0.05, 0.1) is 25.5 Å². The first-order chi connectivity index (χ1) is 19.7. The van der Waals surface area contributed by atoms with Gasteiger partial charge in [0.2, 0.25) is 29.5 Å². The van der Waals surface area contributed by atoms with Gasteiger partial charge in [-0.25, -0.2) is 0 Å². The van der Waals surface area contributed by atoms with E-state index >= 15 is 0 Å². The summed E-state index contributed by atoms with van der Waals surface area (Å²) >= 11 is 0. The van der Waals surface area contributed by atoms with E-state index in [2.05, 4.69) is 31.6 Å². The molecule has 236 valence electrons. The van der Waals surface area contributed by atoms with Crippen molar-refractivity contribution in [1.82, 2.24) is 26.6 Å². The van der Waals surface area contributed by atoms with Gasteiger partial charge in [-0.3, -0.25) is 33.8 Å². The summed E-state index contributed by atoms with van der Waals surface area (Å²) in [6.07, 6.45) is -6.40. The lowest BCUT2D eigenvalue weighted by Gasteiger charge is -2.27. The zero-order chi connectivity index (χ0) is 31.6. The Labute approximate surface area is 241 Å². The molecule has 0 saturated carbocycles. The minimum Gasteiger partial charge on any atom is -0.481 e. The predicted molar refractivity (Wildman–Crippen MR) is 144 cm³/mol. The van der Waals surface area contributed by atoms with Gasteiger partial charge in [0.25, 0.3) is 0 Å². The molecule has 12 N–H and O–H groups in total. The molecule has 2 aliphatic rings. The van der Waals surface area contributed by atoms with Gasteiger partial charge in [0.1, 0.15) is 36.4 Å². The molecule has 18 heteroatoms. The number of aliphatic hydroxyl groups is 2. The van der Waals surface area contributed by atoms with Crippen molar-refractivity contribution in [3.8, 4) is 0 Å². The Kier molecular flexibility index (Phi) is 12.9. The summed E-state index contributed by atoms with van der Waals surface area (Å²) in [6, 6.07) is -4.03. The minimum absolute atomic E-state index is 0.0494. The molecule has 2 aliphatic heterocycles. The van der Waals surface area contributed by atoms with E-state index in [-0.39, 0.29) is 31.9 Å². The van der Waals surface area contributed by atoms with Crippen LogP contribution in [0.15, 0.2) is 4.99 Å². The number of carboxylic acid groups (broad SMARTS) is 1. The molecule has 0 aromatic heterocycles. The van der Waals surface area contributed by atoms with Crippen molar-refractivity contribution >= 4 is 41.5 Å². The molecule has 2 fully saturated rings. The Morgan fingerprint density at radius 2 is 1.60 bits per heavy atom. The first-order valence-corrected chi connectivity index (χ1v) is 13.4. The fourth-order valence-electron chi connectivity index (χ4n) is 4.37. The number of nitrogens with one attached hydrogen (secondary N) is 5. The van der Waals surface area contributed by atoms with E-state index in [1.807, 2.05) is 0 Å². The molecule has 0 spiro atoms. The molecule has 0 aliphatic carbocycles. The molecule has 7 atom stereocenters. The molecule has 0 aromatic rings. The van der Waals surface area contributed by atoms with E-state index in [0.717, 1.165) is 0 Å². The monoisotopic (exact) mass is 600 g/mol. The van der Waals surface area contributed by atoms with Gasteiger partial charge in [-0.1, -0.05) is 13.8 Å². The smallest absolute Gasteiger partial charge is 0.305 e. The van der Waals surface area contributed by atoms with E-state index < -0.39 is 103 Å². The maximum absolute atomic E-state index is 13.2. The molecular weight excluding hydrogens is 560 g/mol. The summed E-state index contributed by atoms with van der Waals surface area (Å²) in [5, 5.41) is 42.1. The highest BCUT2D eigenvalue weighted by molar-refractivity contribution is 5.96. The maximum atomic E-state index is 13.2. The molecule has 5 amide bonds. The number of rotatable bonds is 7. The number of hydrogen-bond acceptors (Lipinski definition) is 10. The van der Waals surface area contributed by atoms with Gasteiger partial charge in [-0.15, -0.1) is 0 Å². The van der Waals surface area contributed by atoms with Crippen molar-refractivity contribution in [2.45, 2.75) is 82.1 Å². The second-order valence-corrected chi connectivity index (χ2v) is 10.4. The summed E-state index contributed by atoms with van der Waals surface area (Å²) < 4.78 is 5.52. The van der Waals surface area contributed by atoms with Crippen molar-refractivity contribution in [2.75, 3.05) is 19.6 Å². The average molecular weight is 601 g/mol. The molecule has 2 saturated heterocycles. The maximum Gasteiger partial charge on any atom is 0.305 e. The summed E-state index contributed by atoms with van der Waals surface area (Å²) in [4.78, 5) is 79.6. The van der Waals surface area contributed by atoms with E-state index in [0.29, 0.717) is 0 Å². The van der Waals surface area contributed by atoms with Crippen LogP contribution >= 0.6 is 0 Å². The largest absolute Gasteiger partial charge is 0.481 e. The first kappa shape index (κ1) is 34.2. The van der Waals surface area contributed by atoms with Gasteiger partial charge >= 0.3 is 5.97 Å². The van der Waals surface area contributed by atoms with Crippen LogP contribution in [0.1, 0.15) is 39.5 Å². The lowest BCUT2D eigenvalue weighted by atomic mass is 10.0. The van der Waals surface area contributed by atoms with Crippen LogP contribution in [0.3, 0.4) is 0 Å². The number of aliphatic hydroxyl groups excluding tert-OH is 2. The van der Waals surface area contributed by atoms with Gasteiger partial charge in [-0.2, -0.15) is 0 Å². The number of carboxylic acids is 1. The van der Waals surface area contributed by atoms with Crippen LogP contribution in [0, 0.1) is 5.92 Å². The molecule has 42 heavy (non-hydrogen) atoms. The predicted octanol–water partition coefficient (Wildman–Crippen LogP) is -5.25. The summed E-state index contributed by atoms with van der Waals surface area (Å²) in [5.41, 5.74) is 10.6. The third-order valence-electron chi connectivity index (χ3n) is 6.63. The molecule has 2 bridgehead atoms. The van der Waals surface area contributed by atoms with Crippen LogP contribution in [0.4, 0.5) is 0 Å². The number of nitrogens with zero attached hydrogens (tertiary/aromatic N) is 1. The van der Waals surface area contributed by atoms with Gasteiger partial charge in [0.15, 0.2) is 5.96 Å². The van der Waals surface area contributed by atoms with E-state index in [4.69, 9.17) is 16.2 Å². The minimum atomic E-state index is -1.61. The van der Waals surface area contributed by atoms with Crippen molar-refractivity contribution in [2.24, 2.45) is 22.4 Å². The summed E-state index contributed by atoms with van der Waals surface area (Å²) in [5.74, 6) is -6.13. The Balaban J connectivity index is 2.35. The number of ether oxygens (including phenoxy) is 1. The van der Waals surface area contributed by atoms with Gasteiger partial charge in [0, 0.05) is 13.1 Å². The molecule has 0 unspecified atom stereocenters. The van der Waals surface area contributed by atoms with E-state index in [9.17, 15) is 44.1 Å². The quantitative estimate of drug-likeness (QED) is 0.0745. The van der Waals surface area contributed by atoms with Crippen molar-refractivity contribution < 1.29 is 48.8 Å². The van der Waals surface area contributed by atoms with Crippen LogP contribution in [0.25, 0.3) is 0 Å². The molecule has 2 rings (SSSR count). The Morgan fingerprint density at radius 1 is 0.929 bits per heavy atom. The zero-order valence-electron chi connectivity index (χ0n) is 23.4. The number of aliphatic imine (C=N–C) groups is 1. The number of guanidine groups is 1. The van der Waals surface area contributed by atoms with E-state index in [1.165, 1.54) is 0 Å². The summed E-state index contributed by atoms with van der Waals surface area (Å²) in [6.45, 7) is 2.56. The Bertz CT molecular complexity index is 1050. The Morgan fingerprint density at radius 3 is 2.21 bits per heavy atom. The number of fused-ring (bicyclic) bond motifs is 2. The number of carbonyl (C=O) groups excluding carboxylic acids is 5. The van der Waals surface area contributed by atoms with Crippen LogP contribution < -0.4 is 38.1 Å². The van der Waals surface area contributed by atoms with Crippen LogP contribution in [-0.4, -0.2) is 119 Å². The van der Waals surface area contributed by atoms with Crippen molar-refractivity contribution in [3.63, 3.8) is 0 Å². The highest BCUT2D eigenvalue weighted by Crippen LogP contribution is 2.23. The lowest BCUT2D eigenvalue weighted by molar-refractivity contribution is -0.141. The Hall–Kier alpha value is -4.03. The number of carbonyl (C=O) groups is 6. The molecule has 0 radical (unpaired) electrons. The fraction of sp³-hybridized carbons (Fsp3) is 0.708. The number of nitrogens with two attached hydrogens (primary N) is 2. The summed E-state index contributed by atoms with van der Waals surface area (Å²) in [7, 11) is 0. The fourth-order valence-corrected chi connectivity index (χ4v) is 4.37. The third-order valence-corrected chi connectivity index (χ3v) is 6.63. The van der Waals surface area contributed by atoms with Crippen molar-refractivity contribution in [3.05, 3.63) is 0 Å². The third kappa shape index (κ3) is 10.4. The zero-order valence-corrected chi connectivity index (χ0v) is 23.4. The molecular formula is C24H40N8O10. The number of hydrogen-bond donors (Lipinski definition) is 10. The molecule has 2 heterocycles. The van der Waals surface area contributed by atoms with Gasteiger partial charge < -0.3 is 58.1 Å². The SMILES string of the molecule is CC(C)[C@@H]1NC(=O)[C@H](CC(=O)O)NC(=O)C[C@@H]2O[C@H](CNC(=O)CNC(=O)[C@H](CCCN=C(N)N)NC1=O)[C@@H](O)[C@H]2O. The normalized spacial score (nSPS) is 30.0. The highest BCUT2D eigenvalue weighted by atomic mass is 16.5. The highest BCUT2D eigenvalue weighted by Gasteiger charge is 2.44. The number of amides is 5. The second-order valence-electron chi connectivity index (χ2n) is 10.4. The standard InChI is InChI=1S/C24H40N8O10/c1-10(2)18-23(41)31-11(4-3-5-27-24(25)26)21(39)29-9-16(34)28-8-14-20(38)19(37)13(42-14)7-15(33)30-12(6-17(35)36)22(40)32-18/h10-14,18-20,37-38H,3-9H2,1-2H3,(H,28,34)(H,29,39)(H,30,33)(H,31,41)(H,32,40)(H,35,36)(H4,25,26,27)/t11-,12-,13-,14+,18-,19-,20+/m0/s1. The average Bonchev–Trinajstić information content (AvgIpc) is 3.16. The van der Waals surface area contributed by atoms with Crippen LogP contribution in [-0.2, 0) is 33.5 Å². The van der Waals surface area contributed by atoms with Crippen LogP contribution in [0.2, 0.25) is 0 Å². The molecule has 18 nitrogen and oxygen atoms in total. The van der Waals surface area contributed by atoms with E-state index in [1.54, 1.807) is 13.8 Å². The second kappa shape index (κ2) is 15.8. The van der Waals surface area contributed by atoms with Gasteiger partial charge in [-0.05, 0) is 18.8 Å².